The Balaban J connectivity index is 2.44. The van der Waals surface area contributed by atoms with Crippen LogP contribution in [0.1, 0.15) is 0 Å². The Kier molecular flexibility index (Phi) is 2.94. The molecule has 2 aromatic rings. The normalized spacial score (nSPS) is 10.1. The Bertz CT molecular complexity index is 434. The zero-order chi connectivity index (χ0) is 9.97. The molecule has 2 rings (SSSR count). The lowest BCUT2D eigenvalue weighted by Gasteiger charge is -2.02. The molecule has 0 bridgehead atoms. The monoisotopic (exact) mass is 264 g/mol. The summed E-state index contributed by atoms with van der Waals surface area (Å²) in [6, 6.07) is 16.4. The largest absolute Gasteiger partial charge is 0.143 e. The van der Waals surface area contributed by atoms with Gasteiger partial charge in [-0.25, -0.2) is 0 Å². The summed E-state index contributed by atoms with van der Waals surface area (Å²) in [5, 5.41) is 0. The molecule has 0 aromatic heterocycles. The van der Waals surface area contributed by atoms with Gasteiger partial charge in [0.05, 0.1) is 0 Å². The van der Waals surface area contributed by atoms with Gasteiger partial charge in [-0.15, -0.1) is 12.6 Å². The van der Waals surface area contributed by atoms with Crippen molar-refractivity contribution >= 4 is 28.6 Å². The summed E-state index contributed by atoms with van der Waals surface area (Å²) in [6.45, 7) is 0. The highest BCUT2D eigenvalue weighted by Gasteiger charge is 1.96. The molecule has 0 aliphatic rings. The first-order chi connectivity index (χ1) is 6.75. The van der Waals surface area contributed by atoms with Gasteiger partial charge in [-0.3, -0.25) is 0 Å². The van der Waals surface area contributed by atoms with Crippen LogP contribution in [0.5, 0.6) is 0 Å². The minimum absolute atomic E-state index is 0.990. The predicted octanol–water partition coefficient (Wildman–Crippen LogP) is 4.40. The van der Waals surface area contributed by atoms with Crippen LogP contribution < -0.4 is 0 Å². The molecule has 70 valence electrons. The Morgan fingerprint density at radius 1 is 0.857 bits per heavy atom. The Morgan fingerprint density at radius 3 is 2.21 bits per heavy atom. The molecular formula is C12H9BrS. The van der Waals surface area contributed by atoms with Crippen molar-refractivity contribution in [2.75, 3.05) is 0 Å². The molecular weight excluding hydrogens is 256 g/mol. The third-order valence-electron chi connectivity index (χ3n) is 2.03. The third kappa shape index (κ3) is 2.20. The molecule has 0 heterocycles. The summed E-state index contributed by atoms with van der Waals surface area (Å²) in [5.74, 6) is 0. The van der Waals surface area contributed by atoms with Crippen molar-refractivity contribution in [3.8, 4) is 11.1 Å². The van der Waals surface area contributed by atoms with Crippen molar-refractivity contribution in [2.24, 2.45) is 0 Å². The zero-order valence-corrected chi connectivity index (χ0v) is 9.92. The first-order valence-corrected chi connectivity index (χ1v) is 5.55. The molecule has 0 saturated heterocycles. The fourth-order valence-corrected chi connectivity index (χ4v) is 1.87. The average molecular weight is 265 g/mol. The van der Waals surface area contributed by atoms with Crippen molar-refractivity contribution in [3.05, 3.63) is 53.0 Å². The van der Waals surface area contributed by atoms with Gasteiger partial charge in [-0.1, -0.05) is 40.2 Å². The van der Waals surface area contributed by atoms with Crippen LogP contribution in [0.3, 0.4) is 0 Å². The summed E-state index contributed by atoms with van der Waals surface area (Å²) >= 11 is 7.71. The standard InChI is InChI=1S/C12H9BrS/c13-11-3-1-2-10(8-11)9-4-6-12(14)7-5-9/h1-8,14H. The topological polar surface area (TPSA) is 0 Å². The van der Waals surface area contributed by atoms with Crippen LogP contribution in [0, 0.1) is 0 Å². The van der Waals surface area contributed by atoms with E-state index in [0.29, 0.717) is 0 Å². The second-order valence-electron chi connectivity index (χ2n) is 3.06. The summed E-state index contributed by atoms with van der Waals surface area (Å²) in [7, 11) is 0. The molecule has 2 heteroatoms. The first kappa shape index (κ1) is 9.81. The summed E-state index contributed by atoms with van der Waals surface area (Å²) in [6.07, 6.45) is 0. The van der Waals surface area contributed by atoms with E-state index >= 15 is 0 Å². The number of benzene rings is 2. The van der Waals surface area contributed by atoms with Crippen LogP contribution in [-0.2, 0) is 0 Å². The number of hydrogen-bond donors (Lipinski definition) is 1. The van der Waals surface area contributed by atoms with Crippen molar-refractivity contribution < 1.29 is 0 Å². The maximum atomic E-state index is 4.26. The zero-order valence-electron chi connectivity index (χ0n) is 7.44. The molecule has 0 fully saturated rings. The van der Waals surface area contributed by atoms with Crippen LogP contribution in [-0.4, -0.2) is 0 Å². The molecule has 14 heavy (non-hydrogen) atoms. The molecule has 0 amide bonds. The Hall–Kier alpha value is -0.730. The molecule has 0 aliphatic heterocycles. The van der Waals surface area contributed by atoms with E-state index < -0.39 is 0 Å². The van der Waals surface area contributed by atoms with Gasteiger partial charge in [0.25, 0.3) is 0 Å². The van der Waals surface area contributed by atoms with Crippen molar-refractivity contribution in [1.29, 1.82) is 0 Å². The molecule has 0 unspecified atom stereocenters. The molecule has 0 saturated carbocycles. The van der Waals surface area contributed by atoms with E-state index in [4.69, 9.17) is 0 Å². The van der Waals surface area contributed by atoms with E-state index in [2.05, 4.69) is 52.8 Å². The average Bonchev–Trinajstić information content (AvgIpc) is 2.19. The van der Waals surface area contributed by atoms with Gasteiger partial charge in [0.2, 0.25) is 0 Å². The predicted molar refractivity (Wildman–Crippen MR) is 66.8 cm³/mol. The summed E-state index contributed by atoms with van der Waals surface area (Å²) in [4.78, 5) is 0.990. The SMILES string of the molecule is Sc1ccc(-c2cccc(Br)c2)cc1. The quantitative estimate of drug-likeness (QED) is 0.726. The van der Waals surface area contributed by atoms with Gasteiger partial charge in [0.1, 0.15) is 0 Å². The first-order valence-electron chi connectivity index (χ1n) is 4.31. The maximum absolute atomic E-state index is 4.26. The molecule has 2 aromatic carbocycles. The van der Waals surface area contributed by atoms with E-state index in [1.54, 1.807) is 0 Å². The Labute approximate surface area is 97.5 Å². The van der Waals surface area contributed by atoms with Gasteiger partial charge >= 0.3 is 0 Å². The highest BCUT2D eigenvalue weighted by atomic mass is 79.9. The number of thiol groups is 1. The van der Waals surface area contributed by atoms with E-state index in [1.807, 2.05) is 24.3 Å². The molecule has 0 aliphatic carbocycles. The van der Waals surface area contributed by atoms with Crippen LogP contribution >= 0.6 is 28.6 Å². The van der Waals surface area contributed by atoms with Crippen LogP contribution in [0.15, 0.2) is 57.9 Å². The lowest BCUT2D eigenvalue weighted by Crippen LogP contribution is -1.76. The minimum atomic E-state index is 0.990. The van der Waals surface area contributed by atoms with E-state index in [9.17, 15) is 0 Å². The van der Waals surface area contributed by atoms with Gasteiger partial charge in [0, 0.05) is 9.37 Å². The lowest BCUT2D eigenvalue weighted by molar-refractivity contribution is 1.47. The van der Waals surface area contributed by atoms with Crippen molar-refractivity contribution in [1.82, 2.24) is 0 Å². The van der Waals surface area contributed by atoms with Gasteiger partial charge in [-0.05, 0) is 35.4 Å². The minimum Gasteiger partial charge on any atom is -0.143 e. The van der Waals surface area contributed by atoms with Crippen LogP contribution in [0.25, 0.3) is 11.1 Å². The van der Waals surface area contributed by atoms with E-state index in [-0.39, 0.29) is 0 Å². The summed E-state index contributed by atoms with van der Waals surface area (Å²) < 4.78 is 1.10. The smallest absolute Gasteiger partial charge is 0.0181 e. The summed E-state index contributed by atoms with van der Waals surface area (Å²) in [5.41, 5.74) is 2.43. The maximum Gasteiger partial charge on any atom is 0.0181 e. The fourth-order valence-electron chi connectivity index (χ4n) is 1.32. The van der Waals surface area contributed by atoms with Crippen molar-refractivity contribution in [2.45, 2.75) is 4.90 Å². The lowest BCUT2D eigenvalue weighted by atomic mass is 10.1. The van der Waals surface area contributed by atoms with Gasteiger partial charge in [-0.2, -0.15) is 0 Å². The highest BCUT2D eigenvalue weighted by Crippen LogP contribution is 2.23. The number of halogens is 1. The molecule has 0 atom stereocenters. The van der Waals surface area contributed by atoms with Crippen LogP contribution in [0.2, 0.25) is 0 Å². The van der Waals surface area contributed by atoms with Gasteiger partial charge < -0.3 is 0 Å². The molecule has 0 spiro atoms. The number of hydrogen-bond acceptors (Lipinski definition) is 1. The van der Waals surface area contributed by atoms with Crippen molar-refractivity contribution in [3.63, 3.8) is 0 Å². The highest BCUT2D eigenvalue weighted by molar-refractivity contribution is 9.10. The van der Waals surface area contributed by atoms with E-state index in [1.165, 1.54) is 11.1 Å². The second-order valence-corrected chi connectivity index (χ2v) is 4.49. The van der Waals surface area contributed by atoms with Gasteiger partial charge in [0.15, 0.2) is 0 Å². The van der Waals surface area contributed by atoms with Crippen LogP contribution in [0.4, 0.5) is 0 Å². The van der Waals surface area contributed by atoms with E-state index in [0.717, 1.165) is 9.37 Å². The second kappa shape index (κ2) is 4.20. The molecule has 0 radical (unpaired) electrons. The molecule has 0 N–H and O–H groups in total. The molecule has 0 nitrogen and oxygen atoms in total. The third-order valence-corrected chi connectivity index (χ3v) is 2.82. The number of rotatable bonds is 1. The Morgan fingerprint density at radius 2 is 1.57 bits per heavy atom. The fraction of sp³-hybridized carbons (Fsp3) is 0.